The maximum Gasteiger partial charge on any atom is 0.126 e. The van der Waals surface area contributed by atoms with Crippen LogP contribution in [0.2, 0.25) is 0 Å². The topological polar surface area (TPSA) is 12.0 Å². The zero-order valence-electron chi connectivity index (χ0n) is 10.2. The van der Waals surface area contributed by atoms with E-state index in [-0.39, 0.29) is 5.82 Å². The molecule has 90 valence electrons. The van der Waals surface area contributed by atoms with E-state index >= 15 is 0 Å². The number of benzene rings is 1. The highest BCUT2D eigenvalue weighted by atomic mass is 19.1. The molecule has 0 aliphatic heterocycles. The van der Waals surface area contributed by atoms with Crippen molar-refractivity contribution < 1.29 is 4.39 Å². The van der Waals surface area contributed by atoms with E-state index in [0.29, 0.717) is 12.0 Å². The van der Waals surface area contributed by atoms with E-state index in [1.54, 1.807) is 12.1 Å². The summed E-state index contributed by atoms with van der Waals surface area (Å²) >= 11 is 0. The van der Waals surface area contributed by atoms with E-state index in [4.69, 9.17) is 0 Å². The first-order valence-electron chi connectivity index (χ1n) is 6.18. The summed E-state index contributed by atoms with van der Waals surface area (Å²) in [7, 11) is 0. The van der Waals surface area contributed by atoms with Crippen LogP contribution in [0, 0.1) is 17.7 Å². The molecule has 0 heterocycles. The smallest absolute Gasteiger partial charge is 0.126 e. The van der Waals surface area contributed by atoms with Crippen LogP contribution in [-0.4, -0.2) is 12.6 Å². The van der Waals surface area contributed by atoms with Gasteiger partial charge in [-0.05, 0) is 37.3 Å². The Morgan fingerprint density at radius 1 is 1.35 bits per heavy atom. The zero-order chi connectivity index (χ0) is 12.1. The number of halogens is 1. The molecule has 0 bridgehead atoms. The van der Waals surface area contributed by atoms with Gasteiger partial charge in [-0.1, -0.05) is 18.2 Å². The molecule has 1 fully saturated rings. The standard InChI is InChI=1S/C15H18FN/c1-2-3-6-9-17-13-10-12(11-13)14-7-4-5-8-15(14)16/h4-5,7-8,12-13,17H,6,9-11H2,1H3. The maximum atomic E-state index is 13.5. The molecule has 0 amide bonds. The highest BCUT2D eigenvalue weighted by Crippen LogP contribution is 2.37. The maximum absolute atomic E-state index is 13.5. The van der Waals surface area contributed by atoms with Crippen molar-refractivity contribution in [2.24, 2.45) is 0 Å². The Morgan fingerprint density at radius 3 is 2.82 bits per heavy atom. The van der Waals surface area contributed by atoms with Crippen LogP contribution in [0.1, 0.15) is 37.7 Å². The van der Waals surface area contributed by atoms with Gasteiger partial charge in [0.05, 0.1) is 0 Å². The van der Waals surface area contributed by atoms with Crippen molar-refractivity contribution in [3.8, 4) is 11.8 Å². The second-order valence-electron chi connectivity index (χ2n) is 4.52. The van der Waals surface area contributed by atoms with E-state index in [0.717, 1.165) is 31.4 Å². The molecular formula is C15H18FN. The molecule has 0 spiro atoms. The van der Waals surface area contributed by atoms with Crippen LogP contribution in [-0.2, 0) is 0 Å². The van der Waals surface area contributed by atoms with E-state index in [1.165, 1.54) is 0 Å². The van der Waals surface area contributed by atoms with Crippen LogP contribution in [0.25, 0.3) is 0 Å². The van der Waals surface area contributed by atoms with Crippen LogP contribution in [0.5, 0.6) is 0 Å². The molecule has 0 radical (unpaired) electrons. The number of nitrogens with one attached hydrogen (secondary N) is 1. The van der Waals surface area contributed by atoms with Crippen molar-refractivity contribution in [1.82, 2.24) is 5.32 Å². The van der Waals surface area contributed by atoms with Gasteiger partial charge in [0.15, 0.2) is 0 Å². The molecule has 0 saturated heterocycles. The first kappa shape index (κ1) is 12.1. The van der Waals surface area contributed by atoms with E-state index in [9.17, 15) is 4.39 Å². The normalized spacial score (nSPS) is 22.5. The molecule has 2 rings (SSSR count). The molecule has 1 N–H and O–H groups in total. The van der Waals surface area contributed by atoms with Crippen molar-refractivity contribution >= 4 is 0 Å². The lowest BCUT2D eigenvalue weighted by molar-refractivity contribution is 0.288. The van der Waals surface area contributed by atoms with E-state index < -0.39 is 0 Å². The van der Waals surface area contributed by atoms with Gasteiger partial charge in [-0.2, -0.15) is 0 Å². The van der Waals surface area contributed by atoms with E-state index in [2.05, 4.69) is 17.2 Å². The molecule has 1 aliphatic carbocycles. The summed E-state index contributed by atoms with van der Waals surface area (Å²) in [5, 5.41) is 3.45. The predicted molar refractivity (Wildman–Crippen MR) is 68.2 cm³/mol. The molecule has 1 aliphatic rings. The first-order chi connectivity index (χ1) is 8.31. The minimum Gasteiger partial charge on any atom is -0.313 e. The highest BCUT2D eigenvalue weighted by molar-refractivity contribution is 5.24. The second kappa shape index (κ2) is 5.84. The third kappa shape index (κ3) is 3.08. The van der Waals surface area contributed by atoms with Crippen molar-refractivity contribution in [2.75, 3.05) is 6.54 Å². The Kier molecular flexibility index (Phi) is 4.17. The average molecular weight is 231 g/mol. The fourth-order valence-corrected chi connectivity index (χ4v) is 2.31. The zero-order valence-corrected chi connectivity index (χ0v) is 10.2. The minimum absolute atomic E-state index is 0.0622. The summed E-state index contributed by atoms with van der Waals surface area (Å²) < 4.78 is 13.5. The third-order valence-electron chi connectivity index (χ3n) is 3.34. The summed E-state index contributed by atoms with van der Waals surface area (Å²) in [4.78, 5) is 0. The van der Waals surface area contributed by atoms with Gasteiger partial charge < -0.3 is 5.32 Å². The molecule has 1 aromatic carbocycles. The van der Waals surface area contributed by atoms with Crippen LogP contribution >= 0.6 is 0 Å². The van der Waals surface area contributed by atoms with Gasteiger partial charge in [0.25, 0.3) is 0 Å². The summed E-state index contributed by atoms with van der Waals surface area (Å²) in [5.74, 6) is 6.24. The van der Waals surface area contributed by atoms with Gasteiger partial charge in [-0.15, -0.1) is 11.8 Å². The van der Waals surface area contributed by atoms with Gasteiger partial charge in [0.2, 0.25) is 0 Å². The summed E-state index contributed by atoms with van der Waals surface area (Å²) in [6, 6.07) is 7.65. The molecule has 1 nitrogen and oxygen atoms in total. The Morgan fingerprint density at radius 2 is 2.12 bits per heavy atom. The lowest BCUT2D eigenvalue weighted by Gasteiger charge is -2.36. The summed E-state index contributed by atoms with van der Waals surface area (Å²) in [6.07, 6.45) is 2.98. The summed E-state index contributed by atoms with van der Waals surface area (Å²) in [5.41, 5.74) is 0.874. The fraction of sp³-hybridized carbons (Fsp3) is 0.467. The van der Waals surface area contributed by atoms with Crippen molar-refractivity contribution in [3.63, 3.8) is 0 Å². The molecule has 0 unspecified atom stereocenters. The van der Waals surface area contributed by atoms with Crippen LogP contribution in [0.4, 0.5) is 4.39 Å². The molecule has 1 aromatic rings. The third-order valence-corrected chi connectivity index (χ3v) is 3.34. The van der Waals surface area contributed by atoms with Crippen LogP contribution in [0.3, 0.4) is 0 Å². The first-order valence-corrected chi connectivity index (χ1v) is 6.18. The average Bonchev–Trinajstić information content (AvgIpc) is 2.28. The largest absolute Gasteiger partial charge is 0.313 e. The lowest BCUT2D eigenvalue weighted by atomic mass is 9.75. The van der Waals surface area contributed by atoms with Gasteiger partial charge in [-0.3, -0.25) is 0 Å². The lowest BCUT2D eigenvalue weighted by Crippen LogP contribution is -2.40. The number of rotatable bonds is 4. The second-order valence-corrected chi connectivity index (χ2v) is 4.52. The molecule has 2 heteroatoms. The summed E-state index contributed by atoms with van der Waals surface area (Å²) in [6.45, 7) is 2.80. The minimum atomic E-state index is -0.0622. The molecule has 1 saturated carbocycles. The fourth-order valence-electron chi connectivity index (χ4n) is 2.31. The van der Waals surface area contributed by atoms with Gasteiger partial charge in [0, 0.05) is 19.0 Å². The Labute approximate surface area is 102 Å². The SMILES string of the molecule is CC#CCCNC1CC(c2ccccc2F)C1. The predicted octanol–water partition coefficient (Wildman–Crippen LogP) is 3.07. The number of hydrogen-bond donors (Lipinski definition) is 1. The van der Waals surface area contributed by atoms with Crippen LogP contribution in [0.15, 0.2) is 24.3 Å². The quantitative estimate of drug-likeness (QED) is 0.620. The molecule has 0 atom stereocenters. The Hall–Kier alpha value is -1.33. The van der Waals surface area contributed by atoms with Gasteiger partial charge in [-0.25, -0.2) is 4.39 Å². The Balaban J connectivity index is 1.75. The van der Waals surface area contributed by atoms with Crippen molar-refractivity contribution in [1.29, 1.82) is 0 Å². The highest BCUT2D eigenvalue weighted by Gasteiger charge is 2.31. The van der Waals surface area contributed by atoms with Crippen LogP contribution < -0.4 is 5.32 Å². The van der Waals surface area contributed by atoms with E-state index in [1.807, 2.05) is 19.1 Å². The molecule has 0 aromatic heterocycles. The molecular weight excluding hydrogens is 213 g/mol. The molecule has 17 heavy (non-hydrogen) atoms. The Bertz CT molecular complexity index is 424. The van der Waals surface area contributed by atoms with Crippen molar-refractivity contribution in [3.05, 3.63) is 35.6 Å². The van der Waals surface area contributed by atoms with Crippen molar-refractivity contribution in [2.45, 2.75) is 38.1 Å². The van der Waals surface area contributed by atoms with Gasteiger partial charge in [0.1, 0.15) is 5.82 Å². The van der Waals surface area contributed by atoms with Gasteiger partial charge >= 0.3 is 0 Å². The number of hydrogen-bond acceptors (Lipinski definition) is 1. The monoisotopic (exact) mass is 231 g/mol.